The predicted octanol–water partition coefficient (Wildman–Crippen LogP) is 1.40. The van der Waals surface area contributed by atoms with Crippen LogP contribution in [0.25, 0.3) is 10.9 Å². The lowest BCUT2D eigenvalue weighted by molar-refractivity contribution is -0.383. The van der Waals surface area contributed by atoms with E-state index in [2.05, 4.69) is 15.3 Å². The summed E-state index contributed by atoms with van der Waals surface area (Å²) in [4.78, 5) is 28.7. The van der Waals surface area contributed by atoms with Gasteiger partial charge in [0.25, 0.3) is 11.2 Å². The van der Waals surface area contributed by atoms with E-state index in [0.29, 0.717) is 5.52 Å². The Morgan fingerprint density at radius 2 is 2.14 bits per heavy atom. The number of hydrogen-bond acceptors (Lipinski definition) is 6. The molecule has 0 spiro atoms. The van der Waals surface area contributed by atoms with E-state index in [1.807, 2.05) is 0 Å². The predicted molar refractivity (Wildman–Crippen MR) is 78.4 cm³/mol. The summed E-state index contributed by atoms with van der Waals surface area (Å²) in [6.07, 6.45) is 0.500. The second kappa shape index (κ2) is 5.13. The first-order chi connectivity index (χ1) is 9.72. The van der Waals surface area contributed by atoms with Crippen LogP contribution < -0.4 is 10.9 Å². The van der Waals surface area contributed by atoms with E-state index in [1.165, 1.54) is 18.5 Å². The zero-order chi connectivity index (χ0) is 15.8. The summed E-state index contributed by atoms with van der Waals surface area (Å²) in [6.45, 7) is 5.02. The van der Waals surface area contributed by atoms with Crippen molar-refractivity contribution in [2.75, 3.05) is 5.32 Å². The third-order valence-electron chi connectivity index (χ3n) is 3.46. The van der Waals surface area contributed by atoms with Gasteiger partial charge in [0.2, 0.25) is 0 Å². The highest BCUT2D eigenvalue weighted by Crippen LogP contribution is 2.31. The summed E-state index contributed by atoms with van der Waals surface area (Å²) in [6, 6.07) is 2.62. The second-order valence-electron chi connectivity index (χ2n) is 5.40. The second-order valence-corrected chi connectivity index (χ2v) is 5.40. The zero-order valence-electron chi connectivity index (χ0n) is 11.9. The molecule has 0 aliphatic carbocycles. The Hall–Kier alpha value is -2.48. The van der Waals surface area contributed by atoms with Gasteiger partial charge >= 0.3 is 0 Å². The van der Waals surface area contributed by atoms with Crippen molar-refractivity contribution in [1.29, 1.82) is 0 Å². The van der Waals surface area contributed by atoms with Crippen LogP contribution in [0.3, 0.4) is 0 Å². The summed E-state index contributed by atoms with van der Waals surface area (Å²) in [5, 5.41) is 24.0. The van der Waals surface area contributed by atoms with Gasteiger partial charge in [-0.1, -0.05) is 0 Å². The minimum atomic E-state index is -0.778. The van der Waals surface area contributed by atoms with E-state index < -0.39 is 22.1 Å². The van der Waals surface area contributed by atoms with Gasteiger partial charge in [-0.25, -0.2) is 4.98 Å². The monoisotopic (exact) mass is 292 g/mol. The number of aromatic amines is 1. The number of aromatic nitrogens is 2. The normalized spacial score (nSPS) is 13.1. The third-order valence-corrected chi connectivity index (χ3v) is 3.46. The van der Waals surface area contributed by atoms with Crippen LogP contribution in [-0.4, -0.2) is 31.6 Å². The zero-order valence-corrected chi connectivity index (χ0v) is 11.9. The lowest BCUT2D eigenvalue weighted by atomic mass is 9.98. The molecule has 1 aromatic heterocycles. The van der Waals surface area contributed by atoms with Gasteiger partial charge in [0.1, 0.15) is 5.69 Å². The van der Waals surface area contributed by atoms with E-state index in [0.717, 1.165) is 0 Å². The van der Waals surface area contributed by atoms with E-state index in [-0.39, 0.29) is 16.8 Å². The molecule has 1 aromatic carbocycles. The number of nitro benzene ring substituents is 1. The molecule has 1 atom stereocenters. The Morgan fingerprint density at radius 1 is 1.48 bits per heavy atom. The van der Waals surface area contributed by atoms with Crippen LogP contribution in [0.1, 0.15) is 20.8 Å². The van der Waals surface area contributed by atoms with Gasteiger partial charge in [0.15, 0.2) is 0 Å². The van der Waals surface area contributed by atoms with Crippen molar-refractivity contribution in [2.24, 2.45) is 0 Å². The average Bonchev–Trinajstić information content (AvgIpc) is 2.37. The molecule has 3 N–H and O–H groups in total. The molecule has 21 heavy (non-hydrogen) atoms. The lowest BCUT2D eigenvalue weighted by Crippen LogP contribution is -2.42. The highest BCUT2D eigenvalue weighted by atomic mass is 16.6. The highest BCUT2D eigenvalue weighted by molar-refractivity contribution is 5.86. The fraction of sp³-hybridized carbons (Fsp3) is 0.385. The number of fused-ring (bicyclic) bond motifs is 1. The molecule has 0 aliphatic rings. The summed E-state index contributed by atoms with van der Waals surface area (Å²) in [7, 11) is 0. The smallest absolute Gasteiger partial charge is 0.293 e. The number of aliphatic hydroxyl groups excluding tert-OH is 1. The van der Waals surface area contributed by atoms with Crippen LogP contribution in [0.5, 0.6) is 0 Å². The van der Waals surface area contributed by atoms with Crippen molar-refractivity contribution in [3.05, 3.63) is 38.9 Å². The SMILES string of the molecule is CC(O)C(C)(C)Nc1cc2nc[nH]c(=O)c2cc1[N+](=O)[O-]. The van der Waals surface area contributed by atoms with Gasteiger partial charge in [0.05, 0.1) is 33.8 Å². The van der Waals surface area contributed by atoms with Gasteiger partial charge in [-0.3, -0.25) is 14.9 Å². The molecule has 112 valence electrons. The summed E-state index contributed by atoms with van der Waals surface area (Å²) >= 11 is 0. The van der Waals surface area contributed by atoms with Crippen LogP contribution in [0.4, 0.5) is 11.4 Å². The third kappa shape index (κ3) is 2.84. The molecular formula is C13H16N4O4. The van der Waals surface area contributed by atoms with Crippen molar-refractivity contribution in [1.82, 2.24) is 9.97 Å². The van der Waals surface area contributed by atoms with Crippen molar-refractivity contribution in [2.45, 2.75) is 32.4 Å². The largest absolute Gasteiger partial charge is 0.391 e. The van der Waals surface area contributed by atoms with Crippen LogP contribution >= 0.6 is 0 Å². The minimum absolute atomic E-state index is 0.143. The first-order valence-electron chi connectivity index (χ1n) is 6.34. The number of anilines is 1. The Labute approximate surface area is 120 Å². The molecule has 2 rings (SSSR count). The molecule has 0 amide bonds. The molecule has 1 heterocycles. The van der Waals surface area contributed by atoms with Crippen LogP contribution in [-0.2, 0) is 0 Å². The number of nitrogens with zero attached hydrogens (tertiary/aromatic N) is 2. The van der Waals surface area contributed by atoms with E-state index >= 15 is 0 Å². The number of aliphatic hydroxyl groups is 1. The van der Waals surface area contributed by atoms with Crippen LogP contribution in [0.15, 0.2) is 23.3 Å². The molecule has 1 unspecified atom stereocenters. The maximum atomic E-state index is 11.7. The Kier molecular flexibility index (Phi) is 3.65. The molecule has 8 heteroatoms. The maximum Gasteiger partial charge on any atom is 0.293 e. The minimum Gasteiger partial charge on any atom is -0.391 e. The quantitative estimate of drug-likeness (QED) is 0.578. The Morgan fingerprint density at radius 3 is 2.71 bits per heavy atom. The number of nitro groups is 1. The number of benzene rings is 1. The van der Waals surface area contributed by atoms with Gasteiger partial charge in [0, 0.05) is 6.07 Å². The lowest BCUT2D eigenvalue weighted by Gasteiger charge is -2.30. The molecule has 0 radical (unpaired) electrons. The number of H-pyrrole nitrogens is 1. The van der Waals surface area contributed by atoms with Gasteiger partial charge in [-0.15, -0.1) is 0 Å². The summed E-state index contributed by atoms with van der Waals surface area (Å²) in [5.41, 5.74) is -0.913. The molecule has 0 fully saturated rings. The topological polar surface area (TPSA) is 121 Å². The van der Waals surface area contributed by atoms with Crippen molar-refractivity contribution in [3.8, 4) is 0 Å². The van der Waals surface area contributed by atoms with Crippen molar-refractivity contribution in [3.63, 3.8) is 0 Å². The number of hydrogen-bond donors (Lipinski definition) is 3. The average molecular weight is 292 g/mol. The van der Waals surface area contributed by atoms with E-state index in [4.69, 9.17) is 0 Å². The summed E-state index contributed by atoms with van der Waals surface area (Å²) < 4.78 is 0. The summed E-state index contributed by atoms with van der Waals surface area (Å²) in [5.74, 6) is 0. The Balaban J connectivity index is 2.64. The van der Waals surface area contributed by atoms with Gasteiger partial charge in [-0.2, -0.15) is 0 Å². The highest BCUT2D eigenvalue weighted by Gasteiger charge is 2.27. The standard InChI is InChI=1S/C13H16N4O4/c1-7(18)13(2,3)16-10-5-9-8(4-11(10)17(20)21)12(19)15-6-14-9/h4-7,16,18H,1-3H3,(H,14,15,19). The fourth-order valence-corrected chi connectivity index (χ4v) is 1.81. The van der Waals surface area contributed by atoms with Gasteiger partial charge in [-0.05, 0) is 26.8 Å². The maximum absolute atomic E-state index is 11.7. The van der Waals surface area contributed by atoms with E-state index in [1.54, 1.807) is 20.8 Å². The van der Waals surface area contributed by atoms with Crippen LogP contribution in [0.2, 0.25) is 0 Å². The van der Waals surface area contributed by atoms with Crippen LogP contribution in [0, 0.1) is 10.1 Å². The Bertz CT molecular complexity index is 751. The van der Waals surface area contributed by atoms with E-state index in [9.17, 15) is 20.0 Å². The molecule has 8 nitrogen and oxygen atoms in total. The molecule has 0 saturated carbocycles. The fourth-order valence-electron chi connectivity index (χ4n) is 1.81. The number of rotatable bonds is 4. The molecule has 0 saturated heterocycles. The molecule has 0 bridgehead atoms. The van der Waals surface area contributed by atoms with Gasteiger partial charge < -0.3 is 15.4 Å². The molecular weight excluding hydrogens is 276 g/mol. The van der Waals surface area contributed by atoms with Crippen molar-refractivity contribution < 1.29 is 10.0 Å². The molecule has 2 aromatic rings. The first-order valence-corrected chi connectivity index (χ1v) is 6.34. The molecule has 0 aliphatic heterocycles. The number of nitrogens with one attached hydrogen (secondary N) is 2. The first kappa shape index (κ1) is 14.9. The van der Waals surface area contributed by atoms with Crippen molar-refractivity contribution >= 4 is 22.3 Å².